The van der Waals surface area contributed by atoms with Crippen LogP contribution in [0.1, 0.15) is 5.82 Å². The molecule has 0 unspecified atom stereocenters. The number of fused-ring (bicyclic) bond motifs is 1. The fraction of sp³-hybridized carbons (Fsp3) is 0.235. The van der Waals surface area contributed by atoms with Crippen LogP contribution >= 0.6 is 0 Å². The van der Waals surface area contributed by atoms with Crippen LogP contribution in [-0.2, 0) is 16.6 Å². The second kappa shape index (κ2) is 6.62. The minimum absolute atomic E-state index is 0.218. The zero-order valence-corrected chi connectivity index (χ0v) is 14.4. The van der Waals surface area contributed by atoms with Crippen LogP contribution in [-0.4, -0.2) is 31.6 Å². The second-order valence-corrected chi connectivity index (χ2v) is 7.14. The highest BCUT2D eigenvalue weighted by molar-refractivity contribution is 7.89. The molecule has 7 heteroatoms. The maximum absolute atomic E-state index is 12.3. The summed E-state index contributed by atoms with van der Waals surface area (Å²) in [6.45, 7) is 2.72. The van der Waals surface area contributed by atoms with Crippen molar-refractivity contribution in [3.63, 3.8) is 0 Å². The first-order valence-corrected chi connectivity index (χ1v) is 9.05. The third kappa shape index (κ3) is 3.27. The number of para-hydroxylation sites is 2. The fourth-order valence-corrected chi connectivity index (χ4v) is 3.63. The normalized spacial score (nSPS) is 11.8. The van der Waals surface area contributed by atoms with E-state index in [2.05, 4.69) is 9.71 Å². The topological polar surface area (TPSA) is 73.2 Å². The van der Waals surface area contributed by atoms with Gasteiger partial charge < -0.3 is 9.30 Å². The Hall–Kier alpha value is -2.38. The largest absolute Gasteiger partial charge is 0.497 e. The first kappa shape index (κ1) is 16.5. The molecule has 2 aromatic carbocycles. The van der Waals surface area contributed by atoms with Gasteiger partial charge in [0.15, 0.2) is 0 Å². The molecule has 0 amide bonds. The Morgan fingerprint density at radius 1 is 1.12 bits per heavy atom. The van der Waals surface area contributed by atoms with Crippen molar-refractivity contribution in [2.24, 2.45) is 0 Å². The Bertz CT molecular complexity index is 947. The van der Waals surface area contributed by atoms with Gasteiger partial charge in [0, 0.05) is 13.1 Å². The molecule has 24 heavy (non-hydrogen) atoms. The van der Waals surface area contributed by atoms with E-state index in [4.69, 9.17) is 4.74 Å². The number of aryl methyl sites for hydroxylation is 1. The lowest BCUT2D eigenvalue weighted by Gasteiger charge is -2.10. The third-order valence-corrected chi connectivity index (χ3v) is 5.32. The molecular formula is C17H19N3O3S. The molecule has 0 radical (unpaired) electrons. The van der Waals surface area contributed by atoms with Crippen LogP contribution in [0.2, 0.25) is 0 Å². The number of rotatable bonds is 6. The molecule has 0 aliphatic carbocycles. The molecule has 0 bridgehead atoms. The van der Waals surface area contributed by atoms with E-state index < -0.39 is 10.0 Å². The maximum Gasteiger partial charge on any atom is 0.240 e. The third-order valence-electron chi connectivity index (χ3n) is 3.84. The summed E-state index contributed by atoms with van der Waals surface area (Å²) in [7, 11) is -2.00. The molecule has 126 valence electrons. The van der Waals surface area contributed by atoms with Crippen LogP contribution < -0.4 is 9.46 Å². The lowest BCUT2D eigenvalue weighted by molar-refractivity contribution is 0.414. The van der Waals surface area contributed by atoms with Crippen LogP contribution in [0.25, 0.3) is 11.0 Å². The quantitative estimate of drug-likeness (QED) is 0.744. The van der Waals surface area contributed by atoms with Crippen LogP contribution in [0.4, 0.5) is 0 Å². The molecule has 3 rings (SSSR count). The molecule has 0 aliphatic heterocycles. The number of hydrogen-bond acceptors (Lipinski definition) is 4. The average molecular weight is 345 g/mol. The lowest BCUT2D eigenvalue weighted by Crippen LogP contribution is -2.27. The number of hydrogen-bond donors (Lipinski definition) is 1. The zero-order chi connectivity index (χ0) is 17.2. The Morgan fingerprint density at radius 3 is 2.54 bits per heavy atom. The second-order valence-electron chi connectivity index (χ2n) is 5.37. The van der Waals surface area contributed by atoms with Gasteiger partial charge in [0.2, 0.25) is 10.0 Å². The van der Waals surface area contributed by atoms with Crippen molar-refractivity contribution in [1.29, 1.82) is 0 Å². The molecule has 1 aromatic heterocycles. The summed E-state index contributed by atoms with van der Waals surface area (Å²) >= 11 is 0. The van der Waals surface area contributed by atoms with Gasteiger partial charge in [0.25, 0.3) is 0 Å². The van der Waals surface area contributed by atoms with Crippen molar-refractivity contribution in [2.45, 2.75) is 18.4 Å². The number of aromatic nitrogens is 2. The van der Waals surface area contributed by atoms with Crippen molar-refractivity contribution in [2.75, 3.05) is 13.7 Å². The van der Waals surface area contributed by atoms with Crippen LogP contribution in [0.5, 0.6) is 5.75 Å². The monoisotopic (exact) mass is 345 g/mol. The van der Waals surface area contributed by atoms with Gasteiger partial charge in [0.05, 0.1) is 23.0 Å². The molecular weight excluding hydrogens is 326 g/mol. The van der Waals surface area contributed by atoms with Gasteiger partial charge in [-0.3, -0.25) is 0 Å². The molecule has 0 fully saturated rings. The number of nitrogens with one attached hydrogen (secondary N) is 1. The predicted molar refractivity (Wildman–Crippen MR) is 92.7 cm³/mol. The summed E-state index contributed by atoms with van der Waals surface area (Å²) in [5.41, 5.74) is 1.91. The van der Waals surface area contributed by atoms with Crippen molar-refractivity contribution in [3.8, 4) is 5.75 Å². The van der Waals surface area contributed by atoms with E-state index >= 15 is 0 Å². The van der Waals surface area contributed by atoms with Crippen molar-refractivity contribution < 1.29 is 13.2 Å². The lowest BCUT2D eigenvalue weighted by atomic mass is 10.3. The van der Waals surface area contributed by atoms with Crippen molar-refractivity contribution in [1.82, 2.24) is 14.3 Å². The SMILES string of the molecule is COc1ccc(S(=O)(=O)NCCn2c(C)nc3ccccc32)cc1. The number of ether oxygens (including phenoxy) is 1. The van der Waals surface area contributed by atoms with Gasteiger partial charge in [-0.05, 0) is 43.3 Å². The van der Waals surface area contributed by atoms with E-state index in [1.165, 1.54) is 12.1 Å². The highest BCUT2D eigenvalue weighted by Crippen LogP contribution is 2.16. The van der Waals surface area contributed by atoms with E-state index in [-0.39, 0.29) is 11.4 Å². The molecule has 1 heterocycles. The fourth-order valence-electron chi connectivity index (χ4n) is 2.61. The zero-order valence-electron chi connectivity index (χ0n) is 13.6. The first-order chi connectivity index (χ1) is 11.5. The Kier molecular flexibility index (Phi) is 4.55. The van der Waals surface area contributed by atoms with Gasteiger partial charge in [-0.1, -0.05) is 12.1 Å². The smallest absolute Gasteiger partial charge is 0.240 e. The Balaban J connectivity index is 1.71. The van der Waals surface area contributed by atoms with E-state index in [1.807, 2.05) is 35.8 Å². The molecule has 0 spiro atoms. The molecule has 0 aliphatic rings. The van der Waals surface area contributed by atoms with Gasteiger partial charge >= 0.3 is 0 Å². The molecule has 0 atom stereocenters. The highest BCUT2D eigenvalue weighted by atomic mass is 32.2. The van der Waals surface area contributed by atoms with Crippen LogP contribution in [0.15, 0.2) is 53.4 Å². The minimum Gasteiger partial charge on any atom is -0.497 e. The van der Waals surface area contributed by atoms with E-state index in [0.29, 0.717) is 12.3 Å². The van der Waals surface area contributed by atoms with E-state index in [1.54, 1.807) is 19.2 Å². The Morgan fingerprint density at radius 2 is 1.83 bits per heavy atom. The maximum atomic E-state index is 12.3. The minimum atomic E-state index is -3.54. The molecule has 1 N–H and O–H groups in total. The van der Waals surface area contributed by atoms with Crippen LogP contribution in [0.3, 0.4) is 0 Å². The van der Waals surface area contributed by atoms with Crippen LogP contribution in [0, 0.1) is 6.92 Å². The first-order valence-electron chi connectivity index (χ1n) is 7.57. The van der Waals surface area contributed by atoms with E-state index in [9.17, 15) is 8.42 Å². The molecule has 3 aromatic rings. The van der Waals surface area contributed by atoms with Gasteiger partial charge in [-0.25, -0.2) is 18.1 Å². The number of sulfonamides is 1. The highest BCUT2D eigenvalue weighted by Gasteiger charge is 2.14. The van der Waals surface area contributed by atoms with Gasteiger partial charge in [-0.2, -0.15) is 0 Å². The van der Waals surface area contributed by atoms with Crippen molar-refractivity contribution in [3.05, 3.63) is 54.4 Å². The van der Waals surface area contributed by atoms with Gasteiger partial charge in [-0.15, -0.1) is 0 Å². The summed E-state index contributed by atoms with van der Waals surface area (Å²) < 4.78 is 34.3. The Labute approximate surface area is 141 Å². The predicted octanol–water partition coefficient (Wildman–Crippen LogP) is 2.33. The summed E-state index contributed by atoms with van der Waals surface area (Å²) in [6, 6.07) is 14.1. The number of methoxy groups -OCH3 is 1. The van der Waals surface area contributed by atoms with E-state index in [0.717, 1.165) is 16.9 Å². The molecule has 0 saturated carbocycles. The average Bonchev–Trinajstić information content (AvgIpc) is 2.90. The summed E-state index contributed by atoms with van der Waals surface area (Å²) in [4.78, 5) is 4.70. The summed E-state index contributed by atoms with van der Waals surface area (Å²) in [5.74, 6) is 1.48. The number of nitrogens with zero attached hydrogens (tertiary/aromatic N) is 2. The summed E-state index contributed by atoms with van der Waals surface area (Å²) in [6.07, 6.45) is 0. The van der Waals surface area contributed by atoms with Gasteiger partial charge in [0.1, 0.15) is 11.6 Å². The van der Waals surface area contributed by atoms with Crippen molar-refractivity contribution >= 4 is 21.1 Å². The molecule has 6 nitrogen and oxygen atoms in total. The number of benzene rings is 2. The summed E-state index contributed by atoms with van der Waals surface area (Å²) in [5, 5.41) is 0. The number of imidazole rings is 1. The molecule has 0 saturated heterocycles. The standard InChI is InChI=1S/C17H19N3O3S/c1-13-19-16-5-3-4-6-17(16)20(13)12-11-18-24(21,22)15-9-7-14(23-2)8-10-15/h3-10,18H,11-12H2,1-2H3.